The molecule has 156 valence electrons. The molecule has 1 saturated heterocycles. The minimum atomic E-state index is 0.321. The van der Waals surface area contributed by atoms with Gasteiger partial charge in [0.1, 0.15) is 11.6 Å². The first-order valence-electron chi connectivity index (χ1n) is 10.3. The summed E-state index contributed by atoms with van der Waals surface area (Å²) in [6, 6.07) is 9.66. The van der Waals surface area contributed by atoms with Crippen LogP contribution in [0.25, 0.3) is 21.6 Å². The second-order valence-corrected chi connectivity index (χ2v) is 7.77. The van der Waals surface area contributed by atoms with E-state index in [0.29, 0.717) is 29.3 Å². The molecule has 3 N–H and O–H groups in total. The molecule has 0 saturated carbocycles. The molecule has 0 spiro atoms. The van der Waals surface area contributed by atoms with Crippen molar-refractivity contribution in [1.29, 1.82) is 0 Å². The van der Waals surface area contributed by atoms with Gasteiger partial charge in [-0.2, -0.15) is 9.97 Å². The maximum absolute atomic E-state index is 9.55. The summed E-state index contributed by atoms with van der Waals surface area (Å²) < 4.78 is 1.98. The number of nitrogen functional groups attached to an aromatic ring is 1. The highest BCUT2D eigenvalue weighted by atomic mass is 16.3. The molecule has 1 unspecified atom stereocenters. The van der Waals surface area contributed by atoms with Crippen LogP contribution >= 0.6 is 0 Å². The second-order valence-electron chi connectivity index (χ2n) is 7.77. The number of aliphatic hydroxyl groups excluding tert-OH is 1. The van der Waals surface area contributed by atoms with Gasteiger partial charge in [-0.1, -0.05) is 18.2 Å². The standard InChI is InChI=1S/C23H23N7O/c1-25-16-2-4-18(5-3-16)30-11-10-20-21(24)26-23(27-22(20)30)29-14-12-28(13-15-29)17-6-8-19(31)9-7-17/h2-6,8-11,17,31H,7,12-15H2,(H2,24,26,27). The fourth-order valence-corrected chi connectivity index (χ4v) is 4.19. The highest BCUT2D eigenvalue weighted by Gasteiger charge is 2.25. The van der Waals surface area contributed by atoms with Crippen molar-refractivity contribution in [1.82, 2.24) is 19.4 Å². The normalized spacial score (nSPS) is 19.4. The number of nitrogens with zero attached hydrogens (tertiary/aromatic N) is 6. The SMILES string of the molecule is [C-]#[N+]c1ccc(-n2ccc3c(N)nc(N4CCN(C5C=CC(O)=CC5)CC4)nc32)cc1. The summed E-state index contributed by atoms with van der Waals surface area (Å²) in [5.74, 6) is 1.45. The number of aliphatic hydroxyl groups is 1. The van der Waals surface area contributed by atoms with Crippen LogP contribution in [0.4, 0.5) is 17.5 Å². The molecule has 1 aromatic carbocycles. The van der Waals surface area contributed by atoms with E-state index in [-0.39, 0.29) is 0 Å². The molecule has 31 heavy (non-hydrogen) atoms. The maximum Gasteiger partial charge on any atom is 0.229 e. The summed E-state index contributed by atoms with van der Waals surface area (Å²) in [5, 5.41) is 10.4. The van der Waals surface area contributed by atoms with E-state index in [0.717, 1.165) is 49.3 Å². The lowest BCUT2D eigenvalue weighted by atomic mass is 10.1. The molecular formula is C23H23N7O. The molecule has 2 aromatic heterocycles. The van der Waals surface area contributed by atoms with E-state index in [2.05, 4.69) is 25.7 Å². The quantitative estimate of drug-likeness (QED) is 0.640. The van der Waals surface area contributed by atoms with E-state index >= 15 is 0 Å². The van der Waals surface area contributed by atoms with Crippen LogP contribution < -0.4 is 10.6 Å². The molecule has 5 rings (SSSR count). The van der Waals surface area contributed by atoms with E-state index < -0.39 is 0 Å². The lowest BCUT2D eigenvalue weighted by Crippen LogP contribution is -2.50. The second kappa shape index (κ2) is 7.78. The van der Waals surface area contributed by atoms with Gasteiger partial charge in [0.15, 0.2) is 11.3 Å². The van der Waals surface area contributed by atoms with Crippen LogP contribution in [0, 0.1) is 6.57 Å². The molecule has 8 nitrogen and oxygen atoms in total. The largest absolute Gasteiger partial charge is 0.508 e. The van der Waals surface area contributed by atoms with E-state index in [1.807, 2.05) is 35.0 Å². The first kappa shape index (κ1) is 19.2. The van der Waals surface area contributed by atoms with Crippen LogP contribution in [-0.4, -0.2) is 56.8 Å². The number of benzene rings is 1. The van der Waals surface area contributed by atoms with Crippen LogP contribution in [-0.2, 0) is 0 Å². The molecule has 1 aliphatic heterocycles. The van der Waals surface area contributed by atoms with E-state index in [1.54, 1.807) is 18.2 Å². The topological polar surface area (TPSA) is 87.8 Å². The van der Waals surface area contributed by atoms with Crippen molar-refractivity contribution in [3.8, 4) is 5.69 Å². The average molecular weight is 413 g/mol. The van der Waals surface area contributed by atoms with E-state index in [9.17, 15) is 5.11 Å². The number of hydrogen-bond donors (Lipinski definition) is 2. The van der Waals surface area contributed by atoms with Crippen molar-refractivity contribution < 1.29 is 5.11 Å². The fraction of sp³-hybridized carbons (Fsp3) is 0.261. The first-order valence-corrected chi connectivity index (χ1v) is 10.3. The number of rotatable bonds is 3. The van der Waals surface area contributed by atoms with Crippen LogP contribution in [0.1, 0.15) is 6.42 Å². The van der Waals surface area contributed by atoms with Crippen molar-refractivity contribution in [2.75, 3.05) is 36.8 Å². The summed E-state index contributed by atoms with van der Waals surface area (Å²) >= 11 is 0. The van der Waals surface area contributed by atoms with Crippen molar-refractivity contribution in [2.24, 2.45) is 0 Å². The third kappa shape index (κ3) is 3.60. The Balaban J connectivity index is 1.38. The summed E-state index contributed by atoms with van der Waals surface area (Å²) in [4.78, 5) is 17.5. The zero-order valence-electron chi connectivity index (χ0n) is 17.0. The number of nitrogens with two attached hydrogens (primary N) is 1. The van der Waals surface area contributed by atoms with Crippen LogP contribution in [0.5, 0.6) is 0 Å². The zero-order valence-corrected chi connectivity index (χ0v) is 17.0. The van der Waals surface area contributed by atoms with Crippen LogP contribution in [0.15, 0.2) is 60.5 Å². The Morgan fingerprint density at radius 1 is 1.06 bits per heavy atom. The number of aromatic nitrogens is 3. The lowest BCUT2D eigenvalue weighted by molar-refractivity contribution is 0.212. The molecule has 1 aliphatic carbocycles. The Bertz CT molecular complexity index is 1210. The van der Waals surface area contributed by atoms with Gasteiger partial charge in [0.2, 0.25) is 5.95 Å². The van der Waals surface area contributed by atoms with Crippen molar-refractivity contribution in [2.45, 2.75) is 12.5 Å². The molecule has 3 aromatic rings. The summed E-state index contributed by atoms with van der Waals surface area (Å²) in [6.45, 7) is 10.5. The summed E-state index contributed by atoms with van der Waals surface area (Å²) in [5.41, 5.74) is 8.57. The minimum Gasteiger partial charge on any atom is -0.508 e. The third-order valence-corrected chi connectivity index (χ3v) is 5.94. The van der Waals surface area contributed by atoms with Gasteiger partial charge < -0.3 is 20.3 Å². The highest BCUT2D eigenvalue weighted by molar-refractivity contribution is 5.88. The highest BCUT2D eigenvalue weighted by Crippen LogP contribution is 2.27. The number of piperazine rings is 1. The van der Waals surface area contributed by atoms with Gasteiger partial charge in [0.25, 0.3) is 0 Å². The monoisotopic (exact) mass is 413 g/mol. The Hall–Kier alpha value is -3.83. The predicted molar refractivity (Wildman–Crippen MR) is 122 cm³/mol. The molecule has 0 amide bonds. The van der Waals surface area contributed by atoms with Gasteiger partial charge in [-0.05, 0) is 36.8 Å². The number of allylic oxidation sites excluding steroid dienone is 1. The van der Waals surface area contributed by atoms with E-state index in [4.69, 9.17) is 17.3 Å². The van der Waals surface area contributed by atoms with Gasteiger partial charge in [0.05, 0.1) is 12.0 Å². The van der Waals surface area contributed by atoms with Gasteiger partial charge in [0, 0.05) is 44.1 Å². The number of anilines is 2. The average Bonchev–Trinajstić information content (AvgIpc) is 3.24. The van der Waals surface area contributed by atoms with Gasteiger partial charge in [-0.15, -0.1) is 0 Å². The van der Waals surface area contributed by atoms with Gasteiger partial charge >= 0.3 is 0 Å². The van der Waals surface area contributed by atoms with Crippen LogP contribution in [0.3, 0.4) is 0 Å². The molecular weight excluding hydrogens is 390 g/mol. The molecule has 3 heterocycles. The van der Waals surface area contributed by atoms with E-state index in [1.165, 1.54) is 0 Å². The molecule has 0 radical (unpaired) electrons. The Morgan fingerprint density at radius 3 is 2.52 bits per heavy atom. The predicted octanol–water partition coefficient (Wildman–Crippen LogP) is 3.45. The Kier molecular flexibility index (Phi) is 4.81. The Morgan fingerprint density at radius 2 is 1.84 bits per heavy atom. The van der Waals surface area contributed by atoms with Crippen molar-refractivity contribution >= 4 is 28.5 Å². The number of fused-ring (bicyclic) bond motifs is 1. The maximum atomic E-state index is 9.55. The zero-order chi connectivity index (χ0) is 21.4. The number of hydrogen-bond acceptors (Lipinski definition) is 6. The lowest BCUT2D eigenvalue weighted by Gasteiger charge is -2.38. The van der Waals surface area contributed by atoms with Crippen LogP contribution in [0.2, 0.25) is 0 Å². The summed E-state index contributed by atoms with van der Waals surface area (Å²) in [6.07, 6.45) is 8.47. The minimum absolute atomic E-state index is 0.321. The van der Waals surface area contributed by atoms with Gasteiger partial charge in [-0.3, -0.25) is 4.90 Å². The first-order chi connectivity index (χ1) is 15.1. The van der Waals surface area contributed by atoms with Crippen molar-refractivity contribution in [3.63, 3.8) is 0 Å². The molecule has 1 fully saturated rings. The van der Waals surface area contributed by atoms with Gasteiger partial charge in [-0.25, -0.2) is 4.85 Å². The molecule has 8 heteroatoms. The molecule has 0 bridgehead atoms. The fourth-order valence-electron chi connectivity index (χ4n) is 4.19. The smallest absolute Gasteiger partial charge is 0.229 e. The molecule has 1 atom stereocenters. The Labute approximate surface area is 180 Å². The molecule has 2 aliphatic rings. The summed E-state index contributed by atoms with van der Waals surface area (Å²) in [7, 11) is 0. The van der Waals surface area contributed by atoms with Crippen molar-refractivity contribution in [3.05, 3.63) is 71.9 Å². The third-order valence-electron chi connectivity index (χ3n) is 5.94.